The van der Waals surface area contributed by atoms with E-state index >= 15 is 0 Å². The molecule has 0 aromatic heterocycles. The maximum absolute atomic E-state index is 11.6. The van der Waals surface area contributed by atoms with Gasteiger partial charge in [-0.1, -0.05) is 26.2 Å². The Balaban J connectivity index is 2.04. The maximum atomic E-state index is 11.6. The summed E-state index contributed by atoms with van der Waals surface area (Å²) >= 11 is 0. The quantitative estimate of drug-likeness (QED) is 0.622. The number of amides is 2. The van der Waals surface area contributed by atoms with Crippen molar-refractivity contribution in [3.8, 4) is 0 Å². The van der Waals surface area contributed by atoms with Crippen LogP contribution in [0.15, 0.2) is 0 Å². The smallest absolute Gasteiger partial charge is 0.234 e. The molecule has 1 aliphatic carbocycles. The lowest BCUT2D eigenvalue weighted by molar-refractivity contribution is -0.121. The molecule has 1 saturated carbocycles. The summed E-state index contributed by atoms with van der Waals surface area (Å²) in [5.74, 6) is -0.0625. The van der Waals surface area contributed by atoms with Gasteiger partial charge in [-0.2, -0.15) is 0 Å². The number of carbonyl (C=O) groups excluding carboxylic acids is 2. The Hall–Kier alpha value is -1.10. The summed E-state index contributed by atoms with van der Waals surface area (Å²) in [6.45, 7) is 3.12. The fourth-order valence-electron chi connectivity index (χ4n) is 2.14. The van der Waals surface area contributed by atoms with E-state index in [0.29, 0.717) is 12.6 Å². The molecule has 104 valence electrons. The molecule has 1 aliphatic rings. The maximum Gasteiger partial charge on any atom is 0.234 e. The van der Waals surface area contributed by atoms with Gasteiger partial charge < -0.3 is 10.6 Å². The minimum absolute atomic E-state index is 0.00908. The minimum Gasteiger partial charge on any atom is -0.355 e. The lowest BCUT2D eigenvalue weighted by atomic mass is 9.95. The van der Waals surface area contributed by atoms with Crippen molar-refractivity contribution in [1.29, 1.82) is 0 Å². The fourth-order valence-corrected chi connectivity index (χ4v) is 2.14. The molecule has 0 atom stereocenters. The highest BCUT2D eigenvalue weighted by Crippen LogP contribution is 2.16. The molecule has 0 aliphatic heterocycles. The highest BCUT2D eigenvalue weighted by molar-refractivity contribution is 5.81. The van der Waals surface area contributed by atoms with Crippen molar-refractivity contribution in [2.75, 3.05) is 19.6 Å². The molecular weight excluding hydrogens is 230 g/mol. The van der Waals surface area contributed by atoms with Crippen molar-refractivity contribution in [3.63, 3.8) is 0 Å². The number of hydrogen-bond donors (Lipinski definition) is 3. The third-order valence-electron chi connectivity index (χ3n) is 3.11. The highest BCUT2D eigenvalue weighted by Gasteiger charge is 2.15. The second-order valence-corrected chi connectivity index (χ2v) is 4.86. The molecule has 0 bridgehead atoms. The van der Waals surface area contributed by atoms with Crippen molar-refractivity contribution in [3.05, 3.63) is 0 Å². The van der Waals surface area contributed by atoms with E-state index < -0.39 is 0 Å². The predicted molar refractivity (Wildman–Crippen MR) is 71.2 cm³/mol. The molecule has 1 rings (SSSR count). The summed E-state index contributed by atoms with van der Waals surface area (Å²) in [5.41, 5.74) is 0. The Morgan fingerprint density at radius 3 is 2.39 bits per heavy atom. The Morgan fingerprint density at radius 2 is 1.72 bits per heavy atom. The summed E-state index contributed by atoms with van der Waals surface area (Å²) in [6, 6.07) is 0.335. The molecule has 5 heteroatoms. The van der Waals surface area contributed by atoms with Crippen LogP contribution in [0.3, 0.4) is 0 Å². The van der Waals surface area contributed by atoms with Crippen molar-refractivity contribution in [2.24, 2.45) is 0 Å². The van der Waals surface area contributed by atoms with Gasteiger partial charge in [0.15, 0.2) is 0 Å². The van der Waals surface area contributed by atoms with Crippen molar-refractivity contribution in [1.82, 2.24) is 16.0 Å². The average Bonchev–Trinajstić information content (AvgIpc) is 2.37. The van der Waals surface area contributed by atoms with Gasteiger partial charge >= 0.3 is 0 Å². The number of carbonyl (C=O) groups is 2. The van der Waals surface area contributed by atoms with Gasteiger partial charge in [0.25, 0.3) is 0 Å². The van der Waals surface area contributed by atoms with E-state index in [0.717, 1.165) is 19.3 Å². The van der Waals surface area contributed by atoms with Gasteiger partial charge in [-0.25, -0.2) is 0 Å². The molecule has 3 N–H and O–H groups in total. The molecule has 0 unspecified atom stereocenters. The van der Waals surface area contributed by atoms with E-state index in [-0.39, 0.29) is 24.9 Å². The van der Waals surface area contributed by atoms with E-state index in [1.165, 1.54) is 19.3 Å². The van der Waals surface area contributed by atoms with Gasteiger partial charge in [0.1, 0.15) is 0 Å². The topological polar surface area (TPSA) is 70.2 Å². The second-order valence-electron chi connectivity index (χ2n) is 4.86. The Kier molecular flexibility index (Phi) is 7.41. The monoisotopic (exact) mass is 255 g/mol. The molecule has 0 spiro atoms. The molecule has 1 fully saturated rings. The van der Waals surface area contributed by atoms with Crippen molar-refractivity contribution >= 4 is 11.8 Å². The van der Waals surface area contributed by atoms with Crippen LogP contribution in [-0.2, 0) is 9.59 Å². The Bertz CT molecular complexity index is 263. The van der Waals surface area contributed by atoms with Crippen LogP contribution in [0.1, 0.15) is 45.4 Å². The van der Waals surface area contributed by atoms with Gasteiger partial charge in [-0.05, 0) is 19.3 Å². The first-order valence-corrected chi connectivity index (χ1v) is 6.99. The molecular formula is C13H25N3O2. The van der Waals surface area contributed by atoms with Crippen LogP contribution in [0.4, 0.5) is 0 Å². The summed E-state index contributed by atoms with van der Waals surface area (Å²) in [6.07, 6.45) is 6.79. The molecule has 2 amide bonds. The molecule has 5 nitrogen and oxygen atoms in total. The molecule has 0 radical (unpaired) electrons. The molecule has 0 aromatic carbocycles. The van der Waals surface area contributed by atoms with Crippen LogP contribution < -0.4 is 16.0 Å². The SMILES string of the molecule is CCCNC(=O)CNCC(=O)NC1CCCCC1. The van der Waals surface area contributed by atoms with Crippen LogP contribution in [0.25, 0.3) is 0 Å². The normalized spacial score (nSPS) is 16.3. The fraction of sp³-hybridized carbons (Fsp3) is 0.846. The molecule has 18 heavy (non-hydrogen) atoms. The zero-order valence-corrected chi connectivity index (χ0v) is 11.3. The van der Waals surface area contributed by atoms with Crippen LogP contribution >= 0.6 is 0 Å². The lowest BCUT2D eigenvalue weighted by Crippen LogP contribution is -2.43. The lowest BCUT2D eigenvalue weighted by Gasteiger charge is -2.22. The van der Waals surface area contributed by atoms with Crippen LogP contribution in [0.5, 0.6) is 0 Å². The molecule has 0 saturated heterocycles. The first-order chi connectivity index (χ1) is 8.72. The van der Waals surface area contributed by atoms with E-state index in [1.807, 2.05) is 6.92 Å². The zero-order chi connectivity index (χ0) is 13.2. The third-order valence-corrected chi connectivity index (χ3v) is 3.11. The molecule has 0 aromatic rings. The summed E-state index contributed by atoms with van der Waals surface area (Å²) in [7, 11) is 0. The number of hydrogen-bond acceptors (Lipinski definition) is 3. The highest BCUT2D eigenvalue weighted by atomic mass is 16.2. The van der Waals surface area contributed by atoms with Gasteiger partial charge in [-0.3, -0.25) is 14.9 Å². The second kappa shape index (κ2) is 8.91. The largest absolute Gasteiger partial charge is 0.355 e. The third kappa shape index (κ3) is 6.59. The van der Waals surface area contributed by atoms with Crippen molar-refractivity contribution < 1.29 is 9.59 Å². The van der Waals surface area contributed by atoms with E-state index in [4.69, 9.17) is 0 Å². The van der Waals surface area contributed by atoms with Gasteiger partial charge in [0.2, 0.25) is 11.8 Å². The zero-order valence-electron chi connectivity index (χ0n) is 11.3. The van der Waals surface area contributed by atoms with Gasteiger partial charge in [0.05, 0.1) is 13.1 Å². The van der Waals surface area contributed by atoms with Crippen LogP contribution in [0, 0.1) is 0 Å². The average molecular weight is 255 g/mol. The Morgan fingerprint density at radius 1 is 1.06 bits per heavy atom. The van der Waals surface area contributed by atoms with E-state index in [2.05, 4.69) is 16.0 Å². The Labute approximate surface area is 109 Å². The predicted octanol–water partition coefficient (Wildman–Crippen LogP) is 0.551. The first-order valence-electron chi connectivity index (χ1n) is 6.99. The summed E-state index contributed by atoms with van der Waals surface area (Å²) in [5, 5.41) is 8.62. The first kappa shape index (κ1) is 15.0. The summed E-state index contributed by atoms with van der Waals surface area (Å²) in [4.78, 5) is 22.9. The van der Waals surface area contributed by atoms with E-state index in [1.54, 1.807) is 0 Å². The van der Waals surface area contributed by atoms with Gasteiger partial charge in [-0.15, -0.1) is 0 Å². The number of nitrogens with one attached hydrogen (secondary N) is 3. The number of rotatable bonds is 7. The molecule has 0 heterocycles. The van der Waals surface area contributed by atoms with Crippen LogP contribution in [-0.4, -0.2) is 37.5 Å². The minimum atomic E-state index is -0.0534. The standard InChI is InChI=1S/C13H25N3O2/c1-2-8-15-12(17)9-14-10-13(18)16-11-6-4-3-5-7-11/h11,14H,2-10H2,1H3,(H,15,17)(H,16,18). The summed E-state index contributed by atoms with van der Waals surface area (Å²) < 4.78 is 0. The van der Waals surface area contributed by atoms with E-state index in [9.17, 15) is 9.59 Å². The van der Waals surface area contributed by atoms with Crippen LogP contribution in [0.2, 0.25) is 0 Å². The van der Waals surface area contributed by atoms with Crippen molar-refractivity contribution in [2.45, 2.75) is 51.5 Å². The van der Waals surface area contributed by atoms with Gasteiger partial charge in [0, 0.05) is 12.6 Å².